The largest absolute Gasteiger partial charge is 0.330 e. The van der Waals surface area contributed by atoms with Crippen molar-refractivity contribution in [1.82, 2.24) is 10.2 Å². The van der Waals surface area contributed by atoms with Crippen LogP contribution in [0.2, 0.25) is 0 Å². The molecule has 3 nitrogen and oxygen atoms in total. The van der Waals surface area contributed by atoms with E-state index in [1.807, 2.05) is 11.0 Å². The Morgan fingerprint density at radius 2 is 1.94 bits per heavy atom. The first-order valence-electron chi connectivity index (χ1n) is 6.11. The molecule has 1 aromatic heterocycles. The van der Waals surface area contributed by atoms with Crippen molar-refractivity contribution in [3.8, 4) is 0 Å². The van der Waals surface area contributed by atoms with Gasteiger partial charge in [-0.3, -0.25) is 4.79 Å². The van der Waals surface area contributed by atoms with Crippen molar-refractivity contribution in [2.75, 3.05) is 13.1 Å². The van der Waals surface area contributed by atoms with Gasteiger partial charge in [-0.15, -0.1) is 11.3 Å². The second kappa shape index (κ2) is 4.78. The minimum absolute atomic E-state index is 0.188. The second-order valence-electron chi connectivity index (χ2n) is 4.92. The molecule has 17 heavy (non-hydrogen) atoms. The van der Waals surface area contributed by atoms with Gasteiger partial charge in [0.05, 0.1) is 4.88 Å². The van der Waals surface area contributed by atoms with Gasteiger partial charge in [0, 0.05) is 30.1 Å². The van der Waals surface area contributed by atoms with Crippen molar-refractivity contribution < 1.29 is 4.79 Å². The lowest BCUT2D eigenvalue weighted by atomic mass is 10.1. The summed E-state index contributed by atoms with van der Waals surface area (Å²) >= 11 is 1.61. The van der Waals surface area contributed by atoms with Crippen molar-refractivity contribution in [3.05, 3.63) is 21.4 Å². The first-order valence-corrected chi connectivity index (χ1v) is 6.92. The van der Waals surface area contributed by atoms with Crippen molar-refractivity contribution in [3.63, 3.8) is 0 Å². The molecule has 1 fully saturated rings. The highest BCUT2D eigenvalue weighted by Crippen LogP contribution is 2.24. The van der Waals surface area contributed by atoms with E-state index < -0.39 is 0 Å². The molecule has 0 aliphatic carbocycles. The molecule has 4 heteroatoms. The molecular weight excluding hydrogens is 232 g/mol. The number of amides is 1. The van der Waals surface area contributed by atoms with E-state index in [1.165, 1.54) is 10.4 Å². The highest BCUT2D eigenvalue weighted by Gasteiger charge is 2.30. The zero-order valence-corrected chi connectivity index (χ0v) is 11.7. The van der Waals surface area contributed by atoms with Gasteiger partial charge in [0.15, 0.2) is 0 Å². The Hall–Kier alpha value is -0.870. The minimum Gasteiger partial charge on any atom is -0.330 e. The lowest BCUT2D eigenvalue weighted by Crippen LogP contribution is -2.57. The van der Waals surface area contributed by atoms with Gasteiger partial charge in [-0.2, -0.15) is 0 Å². The molecule has 1 aromatic rings. The standard InChI is InChI=1S/C13H20N2OS/c1-8-5-12(17-11(8)4)13(16)15-9(2)6-14-7-10(15)3/h5,9-10,14H,6-7H2,1-4H3. The molecular formula is C13H20N2OS. The Labute approximate surface area is 107 Å². The molecule has 0 radical (unpaired) electrons. The molecule has 1 N–H and O–H groups in total. The average Bonchev–Trinajstić information content (AvgIpc) is 2.59. The predicted octanol–water partition coefficient (Wildman–Crippen LogP) is 2.19. The van der Waals surface area contributed by atoms with Gasteiger partial charge in [-0.1, -0.05) is 0 Å². The van der Waals surface area contributed by atoms with Crippen molar-refractivity contribution in [2.45, 2.75) is 39.8 Å². The summed E-state index contributed by atoms with van der Waals surface area (Å²) in [4.78, 5) is 16.6. The zero-order valence-electron chi connectivity index (χ0n) is 10.9. The van der Waals surface area contributed by atoms with E-state index in [-0.39, 0.29) is 18.0 Å². The Balaban J connectivity index is 2.23. The number of piperazine rings is 1. The predicted molar refractivity (Wildman–Crippen MR) is 71.8 cm³/mol. The molecule has 1 aliphatic heterocycles. The van der Waals surface area contributed by atoms with Crippen molar-refractivity contribution in [2.24, 2.45) is 0 Å². The highest BCUT2D eigenvalue weighted by molar-refractivity contribution is 7.14. The third-order valence-corrected chi connectivity index (χ3v) is 4.58. The summed E-state index contributed by atoms with van der Waals surface area (Å²) in [6.45, 7) is 10.1. The maximum atomic E-state index is 12.5. The van der Waals surface area contributed by atoms with Gasteiger partial charge in [-0.05, 0) is 39.3 Å². The van der Waals surface area contributed by atoms with Crippen LogP contribution in [-0.2, 0) is 0 Å². The van der Waals surface area contributed by atoms with Crippen LogP contribution in [0.3, 0.4) is 0 Å². The van der Waals surface area contributed by atoms with E-state index in [1.54, 1.807) is 11.3 Å². The summed E-state index contributed by atoms with van der Waals surface area (Å²) in [7, 11) is 0. The third kappa shape index (κ3) is 2.38. The van der Waals surface area contributed by atoms with E-state index >= 15 is 0 Å². The summed E-state index contributed by atoms with van der Waals surface area (Å²) in [6, 6.07) is 2.56. The highest BCUT2D eigenvalue weighted by atomic mass is 32.1. The topological polar surface area (TPSA) is 32.3 Å². The van der Waals surface area contributed by atoms with E-state index in [9.17, 15) is 4.79 Å². The van der Waals surface area contributed by atoms with Crippen LogP contribution in [-0.4, -0.2) is 36.0 Å². The number of carbonyl (C=O) groups excluding carboxylic acids is 1. The fourth-order valence-corrected chi connectivity index (χ4v) is 3.32. The first kappa shape index (κ1) is 12.6. The number of thiophene rings is 1. The molecule has 94 valence electrons. The smallest absolute Gasteiger partial charge is 0.264 e. The molecule has 1 saturated heterocycles. The quantitative estimate of drug-likeness (QED) is 0.831. The van der Waals surface area contributed by atoms with Gasteiger partial charge in [0.25, 0.3) is 5.91 Å². The number of nitrogens with zero attached hydrogens (tertiary/aromatic N) is 1. The number of hydrogen-bond donors (Lipinski definition) is 1. The summed E-state index contributed by atoms with van der Waals surface area (Å²) in [6.07, 6.45) is 0. The fraction of sp³-hybridized carbons (Fsp3) is 0.615. The normalized spacial score (nSPS) is 25.1. The molecule has 0 spiro atoms. The Bertz CT molecular complexity index is 398. The van der Waals surface area contributed by atoms with Crippen molar-refractivity contribution >= 4 is 17.2 Å². The molecule has 0 saturated carbocycles. The maximum Gasteiger partial charge on any atom is 0.264 e. The fourth-order valence-electron chi connectivity index (χ4n) is 2.34. The number of rotatable bonds is 1. The van der Waals surface area contributed by atoms with Crippen LogP contribution in [0.25, 0.3) is 0 Å². The zero-order chi connectivity index (χ0) is 12.6. The summed E-state index contributed by atoms with van der Waals surface area (Å²) in [5.41, 5.74) is 1.22. The Morgan fingerprint density at radius 1 is 1.35 bits per heavy atom. The van der Waals surface area contributed by atoms with Crippen LogP contribution in [0.5, 0.6) is 0 Å². The summed E-state index contributed by atoms with van der Waals surface area (Å²) in [5, 5.41) is 3.35. The van der Waals surface area contributed by atoms with Crippen molar-refractivity contribution in [1.29, 1.82) is 0 Å². The molecule has 1 aliphatic rings. The van der Waals surface area contributed by atoms with E-state index in [2.05, 4.69) is 33.0 Å². The molecule has 2 heterocycles. The Morgan fingerprint density at radius 3 is 2.41 bits per heavy atom. The van der Waals surface area contributed by atoms with Gasteiger partial charge < -0.3 is 10.2 Å². The maximum absolute atomic E-state index is 12.5. The van der Waals surface area contributed by atoms with Crippen LogP contribution >= 0.6 is 11.3 Å². The van der Waals surface area contributed by atoms with Gasteiger partial charge >= 0.3 is 0 Å². The van der Waals surface area contributed by atoms with E-state index in [4.69, 9.17) is 0 Å². The molecule has 2 atom stereocenters. The van der Waals surface area contributed by atoms with Gasteiger partial charge in [0.1, 0.15) is 0 Å². The molecule has 0 aromatic carbocycles. The van der Waals surface area contributed by atoms with Crippen LogP contribution in [0.1, 0.15) is 34.0 Å². The molecule has 2 rings (SSSR count). The van der Waals surface area contributed by atoms with Gasteiger partial charge in [-0.25, -0.2) is 0 Å². The number of hydrogen-bond acceptors (Lipinski definition) is 3. The Kier molecular flexibility index (Phi) is 3.54. The number of carbonyl (C=O) groups is 1. The van der Waals surface area contributed by atoms with Crippen LogP contribution in [0.15, 0.2) is 6.07 Å². The monoisotopic (exact) mass is 252 g/mol. The lowest BCUT2D eigenvalue weighted by Gasteiger charge is -2.39. The number of nitrogens with one attached hydrogen (secondary N) is 1. The molecule has 0 bridgehead atoms. The second-order valence-corrected chi connectivity index (χ2v) is 6.17. The van der Waals surface area contributed by atoms with E-state index in [0.29, 0.717) is 0 Å². The molecule has 1 amide bonds. The number of aryl methyl sites for hydroxylation is 2. The lowest BCUT2D eigenvalue weighted by molar-refractivity contribution is 0.0549. The van der Waals surface area contributed by atoms with E-state index in [0.717, 1.165) is 18.0 Å². The van der Waals surface area contributed by atoms with Gasteiger partial charge in [0.2, 0.25) is 0 Å². The molecule has 2 unspecified atom stereocenters. The summed E-state index contributed by atoms with van der Waals surface area (Å²) < 4.78 is 0. The van der Waals surface area contributed by atoms with Crippen LogP contribution < -0.4 is 5.32 Å². The van der Waals surface area contributed by atoms with Crippen LogP contribution in [0, 0.1) is 13.8 Å². The van der Waals surface area contributed by atoms with Crippen LogP contribution in [0.4, 0.5) is 0 Å². The third-order valence-electron chi connectivity index (χ3n) is 3.44. The summed E-state index contributed by atoms with van der Waals surface area (Å²) in [5.74, 6) is 0.188. The SMILES string of the molecule is Cc1cc(C(=O)N2C(C)CNCC2C)sc1C. The average molecular weight is 252 g/mol. The minimum atomic E-state index is 0.188. The first-order chi connectivity index (χ1) is 8.00.